The van der Waals surface area contributed by atoms with Gasteiger partial charge in [0.25, 0.3) is 10.2 Å². The summed E-state index contributed by atoms with van der Waals surface area (Å²) in [5, 5.41) is 9.46. The largest absolute Gasteiger partial charge is 0.393 e. The van der Waals surface area contributed by atoms with Crippen molar-refractivity contribution in [2.24, 2.45) is 5.92 Å². The molecule has 0 bridgehead atoms. The van der Waals surface area contributed by atoms with Crippen LogP contribution < -0.4 is 9.44 Å². The molecule has 1 saturated carbocycles. The number of hydrogen-bond donors (Lipinski definition) is 3. The van der Waals surface area contributed by atoms with E-state index in [0.29, 0.717) is 19.5 Å². The molecule has 0 radical (unpaired) electrons. The van der Waals surface area contributed by atoms with E-state index in [1.165, 1.54) is 0 Å². The predicted octanol–water partition coefficient (Wildman–Crippen LogP) is 0.371. The van der Waals surface area contributed by atoms with Crippen LogP contribution in [-0.4, -0.2) is 32.7 Å². The molecule has 0 aromatic rings. The van der Waals surface area contributed by atoms with Crippen LogP contribution in [0.3, 0.4) is 0 Å². The lowest BCUT2D eigenvalue weighted by atomic mass is 9.87. The summed E-state index contributed by atoms with van der Waals surface area (Å²) in [4.78, 5) is 0. The molecule has 96 valence electrons. The van der Waals surface area contributed by atoms with Gasteiger partial charge >= 0.3 is 0 Å². The van der Waals surface area contributed by atoms with Crippen LogP contribution in [0.25, 0.3) is 0 Å². The van der Waals surface area contributed by atoms with Crippen LogP contribution in [0.4, 0.5) is 0 Å². The van der Waals surface area contributed by atoms with Crippen LogP contribution in [0.5, 0.6) is 0 Å². The molecule has 0 amide bonds. The maximum atomic E-state index is 11.4. The van der Waals surface area contributed by atoms with Crippen molar-refractivity contribution in [2.75, 3.05) is 13.1 Å². The molecule has 0 aromatic heterocycles. The number of aliphatic hydroxyl groups excluding tert-OH is 1. The van der Waals surface area contributed by atoms with Gasteiger partial charge in [-0.1, -0.05) is 13.3 Å². The Hall–Kier alpha value is -0.170. The first-order valence-electron chi connectivity index (χ1n) is 5.96. The molecule has 0 aromatic carbocycles. The normalized spacial score (nSPS) is 26.9. The van der Waals surface area contributed by atoms with E-state index in [-0.39, 0.29) is 12.0 Å². The highest BCUT2D eigenvalue weighted by molar-refractivity contribution is 7.87. The fourth-order valence-electron chi connectivity index (χ4n) is 1.96. The van der Waals surface area contributed by atoms with Crippen molar-refractivity contribution in [1.82, 2.24) is 9.44 Å². The summed E-state index contributed by atoms with van der Waals surface area (Å²) < 4.78 is 27.8. The monoisotopic (exact) mass is 250 g/mol. The van der Waals surface area contributed by atoms with Gasteiger partial charge in [-0.25, -0.2) is 9.44 Å². The molecule has 1 aliphatic carbocycles. The second-order valence-electron chi connectivity index (χ2n) is 4.43. The van der Waals surface area contributed by atoms with E-state index in [2.05, 4.69) is 9.44 Å². The molecule has 3 N–H and O–H groups in total. The standard InChI is InChI=1S/C10H22N2O3S/c1-2-6-11-16(14,15)12-8-9-4-3-5-10(13)7-9/h9-13H,2-8H2,1H3. The van der Waals surface area contributed by atoms with Crippen molar-refractivity contribution in [2.45, 2.75) is 45.1 Å². The lowest BCUT2D eigenvalue weighted by Gasteiger charge is -2.25. The van der Waals surface area contributed by atoms with Gasteiger partial charge in [-0.05, 0) is 31.6 Å². The third-order valence-corrected chi connectivity index (χ3v) is 3.99. The zero-order chi connectivity index (χ0) is 12.0. The van der Waals surface area contributed by atoms with Crippen molar-refractivity contribution in [3.8, 4) is 0 Å². The van der Waals surface area contributed by atoms with E-state index in [0.717, 1.165) is 25.7 Å². The van der Waals surface area contributed by atoms with E-state index < -0.39 is 10.2 Å². The zero-order valence-electron chi connectivity index (χ0n) is 9.78. The van der Waals surface area contributed by atoms with Gasteiger partial charge in [0.2, 0.25) is 0 Å². The Labute approximate surface area is 97.8 Å². The van der Waals surface area contributed by atoms with Crippen molar-refractivity contribution in [1.29, 1.82) is 0 Å². The van der Waals surface area contributed by atoms with Crippen LogP contribution >= 0.6 is 0 Å². The lowest BCUT2D eigenvalue weighted by Crippen LogP contribution is -2.40. The van der Waals surface area contributed by atoms with Gasteiger partial charge in [-0.2, -0.15) is 8.42 Å². The fourth-order valence-corrected chi connectivity index (χ4v) is 2.99. The van der Waals surface area contributed by atoms with Gasteiger partial charge in [0.1, 0.15) is 0 Å². The Kier molecular flexibility index (Phi) is 5.68. The minimum absolute atomic E-state index is 0.258. The predicted molar refractivity (Wildman–Crippen MR) is 63.2 cm³/mol. The minimum Gasteiger partial charge on any atom is -0.393 e. The van der Waals surface area contributed by atoms with Crippen LogP contribution in [0.2, 0.25) is 0 Å². The van der Waals surface area contributed by atoms with Gasteiger partial charge in [0.05, 0.1) is 6.10 Å². The summed E-state index contributed by atoms with van der Waals surface area (Å²) in [5.41, 5.74) is 0. The first-order chi connectivity index (χ1) is 7.53. The Morgan fingerprint density at radius 3 is 2.69 bits per heavy atom. The summed E-state index contributed by atoms with van der Waals surface area (Å²) >= 11 is 0. The molecule has 0 heterocycles. The second-order valence-corrected chi connectivity index (χ2v) is 6.02. The van der Waals surface area contributed by atoms with E-state index >= 15 is 0 Å². The van der Waals surface area contributed by atoms with Crippen molar-refractivity contribution >= 4 is 10.2 Å². The fraction of sp³-hybridized carbons (Fsp3) is 1.00. The Morgan fingerprint density at radius 2 is 2.06 bits per heavy atom. The lowest BCUT2D eigenvalue weighted by molar-refractivity contribution is 0.102. The quantitative estimate of drug-likeness (QED) is 0.637. The van der Waals surface area contributed by atoms with Crippen LogP contribution in [0, 0.1) is 5.92 Å². The van der Waals surface area contributed by atoms with E-state index in [9.17, 15) is 13.5 Å². The Bertz CT molecular complexity index is 292. The molecule has 1 aliphatic rings. The van der Waals surface area contributed by atoms with E-state index in [4.69, 9.17) is 0 Å². The van der Waals surface area contributed by atoms with E-state index in [1.54, 1.807) is 0 Å². The van der Waals surface area contributed by atoms with Crippen molar-refractivity contribution in [3.05, 3.63) is 0 Å². The first-order valence-corrected chi connectivity index (χ1v) is 7.44. The molecule has 1 rings (SSSR count). The van der Waals surface area contributed by atoms with Gasteiger partial charge in [0, 0.05) is 13.1 Å². The summed E-state index contributed by atoms with van der Waals surface area (Å²) in [6, 6.07) is 0. The third kappa shape index (κ3) is 5.25. The molecule has 6 heteroatoms. The summed E-state index contributed by atoms with van der Waals surface area (Å²) in [6.45, 7) is 2.80. The maximum Gasteiger partial charge on any atom is 0.276 e. The summed E-state index contributed by atoms with van der Waals surface area (Å²) in [5.74, 6) is 0.266. The van der Waals surface area contributed by atoms with Crippen molar-refractivity contribution in [3.63, 3.8) is 0 Å². The van der Waals surface area contributed by atoms with Crippen molar-refractivity contribution < 1.29 is 13.5 Å². The van der Waals surface area contributed by atoms with Gasteiger partial charge in [-0.15, -0.1) is 0 Å². The van der Waals surface area contributed by atoms with E-state index in [1.807, 2.05) is 6.92 Å². The van der Waals surface area contributed by atoms with Crippen LogP contribution in [0.15, 0.2) is 0 Å². The molecule has 2 atom stereocenters. The number of hydrogen-bond acceptors (Lipinski definition) is 3. The molecule has 16 heavy (non-hydrogen) atoms. The Balaban J connectivity index is 2.27. The van der Waals surface area contributed by atoms with Gasteiger partial charge in [0.15, 0.2) is 0 Å². The number of nitrogens with one attached hydrogen (secondary N) is 2. The Morgan fingerprint density at radius 1 is 1.31 bits per heavy atom. The summed E-state index contributed by atoms with van der Waals surface area (Å²) in [7, 11) is -3.34. The molecule has 2 unspecified atom stereocenters. The highest BCUT2D eigenvalue weighted by Gasteiger charge is 2.21. The minimum atomic E-state index is -3.34. The highest BCUT2D eigenvalue weighted by Crippen LogP contribution is 2.23. The second kappa shape index (κ2) is 6.54. The molecule has 1 fully saturated rings. The molecule has 0 saturated heterocycles. The average Bonchev–Trinajstić information content (AvgIpc) is 2.24. The third-order valence-electron chi connectivity index (χ3n) is 2.86. The highest BCUT2D eigenvalue weighted by atomic mass is 32.2. The molecule has 0 spiro atoms. The summed E-state index contributed by atoms with van der Waals surface area (Å²) in [6.07, 6.45) is 4.05. The first kappa shape index (κ1) is 13.9. The topological polar surface area (TPSA) is 78.4 Å². The SMILES string of the molecule is CCCNS(=O)(=O)NCC1CCCC(O)C1. The zero-order valence-corrected chi connectivity index (χ0v) is 10.6. The maximum absolute atomic E-state index is 11.4. The van der Waals surface area contributed by atoms with Gasteiger partial charge in [-0.3, -0.25) is 0 Å². The van der Waals surface area contributed by atoms with Gasteiger partial charge < -0.3 is 5.11 Å². The molecule has 0 aliphatic heterocycles. The van der Waals surface area contributed by atoms with Crippen LogP contribution in [-0.2, 0) is 10.2 Å². The smallest absolute Gasteiger partial charge is 0.276 e. The number of rotatable bonds is 6. The molecule has 5 nitrogen and oxygen atoms in total. The average molecular weight is 250 g/mol. The van der Waals surface area contributed by atoms with Crippen LogP contribution in [0.1, 0.15) is 39.0 Å². The number of aliphatic hydroxyl groups is 1. The molecular formula is C10H22N2O3S. The molecular weight excluding hydrogens is 228 g/mol.